The highest BCUT2D eigenvalue weighted by atomic mass is 16.2. The van der Waals surface area contributed by atoms with Gasteiger partial charge in [-0.25, -0.2) is 9.67 Å². The summed E-state index contributed by atoms with van der Waals surface area (Å²) in [6, 6.07) is 10.6. The molecule has 3 aromatic rings. The predicted octanol–water partition coefficient (Wildman–Crippen LogP) is 5.14. The minimum absolute atomic E-state index is 0.0800. The lowest BCUT2D eigenvalue weighted by Gasteiger charge is -2.31. The van der Waals surface area contributed by atoms with E-state index in [2.05, 4.69) is 43.2 Å². The highest BCUT2D eigenvalue weighted by Crippen LogP contribution is 2.30. The standard InChI is InChI=1S/C24H30N4O/c1-5-28-23-22(17(3)26-28)20(24(29)27(4)19-9-7-6-8-10-19)15-21(25-23)18-13-11-16(2)12-14-18/h11-15,19H,5-10H2,1-4H3. The van der Waals surface area contributed by atoms with Gasteiger partial charge in [-0.05, 0) is 39.7 Å². The fourth-order valence-corrected chi connectivity index (χ4v) is 4.44. The SMILES string of the molecule is CCn1nc(C)c2c(C(=O)N(C)C3CCCCC3)cc(-c3ccc(C)cc3)nc21. The van der Waals surface area contributed by atoms with Crippen molar-refractivity contribution in [3.63, 3.8) is 0 Å². The first kappa shape index (κ1) is 19.6. The Morgan fingerprint density at radius 1 is 1.14 bits per heavy atom. The zero-order chi connectivity index (χ0) is 20.5. The van der Waals surface area contributed by atoms with Gasteiger partial charge in [0.15, 0.2) is 5.65 Å². The number of carbonyl (C=O) groups excluding carboxylic acids is 1. The van der Waals surface area contributed by atoms with Crippen molar-refractivity contribution in [3.8, 4) is 11.3 Å². The summed E-state index contributed by atoms with van der Waals surface area (Å²) in [6.45, 7) is 6.83. The smallest absolute Gasteiger partial charge is 0.254 e. The maximum Gasteiger partial charge on any atom is 0.254 e. The fraction of sp³-hybridized carbons (Fsp3) is 0.458. The average molecular weight is 391 g/mol. The molecule has 0 aliphatic heterocycles. The maximum absolute atomic E-state index is 13.6. The largest absolute Gasteiger partial charge is 0.339 e. The van der Waals surface area contributed by atoms with E-state index in [-0.39, 0.29) is 5.91 Å². The molecule has 0 bridgehead atoms. The third-order valence-electron chi connectivity index (χ3n) is 6.20. The van der Waals surface area contributed by atoms with E-state index in [0.717, 1.165) is 52.9 Å². The van der Waals surface area contributed by atoms with E-state index in [4.69, 9.17) is 4.98 Å². The molecule has 1 aromatic carbocycles. The first-order chi connectivity index (χ1) is 14.0. The Bertz CT molecular complexity index is 1030. The molecule has 5 heteroatoms. The van der Waals surface area contributed by atoms with Gasteiger partial charge in [-0.2, -0.15) is 5.10 Å². The molecule has 1 fully saturated rings. The van der Waals surface area contributed by atoms with Crippen LogP contribution in [0.1, 0.15) is 60.6 Å². The van der Waals surface area contributed by atoms with Crippen molar-refractivity contribution in [2.24, 2.45) is 0 Å². The Morgan fingerprint density at radius 2 is 1.83 bits per heavy atom. The van der Waals surface area contributed by atoms with Crippen LogP contribution in [-0.4, -0.2) is 38.7 Å². The number of fused-ring (bicyclic) bond motifs is 1. The normalized spacial score (nSPS) is 15.0. The van der Waals surface area contributed by atoms with E-state index in [1.807, 2.05) is 29.6 Å². The molecule has 0 unspecified atom stereocenters. The van der Waals surface area contributed by atoms with Crippen LogP contribution in [0.2, 0.25) is 0 Å². The number of pyridine rings is 1. The van der Waals surface area contributed by atoms with Crippen molar-refractivity contribution in [3.05, 3.63) is 47.2 Å². The van der Waals surface area contributed by atoms with Crippen LogP contribution < -0.4 is 0 Å². The van der Waals surface area contributed by atoms with Crippen LogP contribution in [0, 0.1) is 13.8 Å². The summed E-state index contributed by atoms with van der Waals surface area (Å²) in [6.07, 6.45) is 5.87. The lowest BCUT2D eigenvalue weighted by Crippen LogP contribution is -2.38. The molecule has 0 atom stereocenters. The van der Waals surface area contributed by atoms with Gasteiger partial charge in [0.05, 0.1) is 22.3 Å². The summed E-state index contributed by atoms with van der Waals surface area (Å²) in [5.41, 5.74) is 5.43. The van der Waals surface area contributed by atoms with Crippen LogP contribution in [0.4, 0.5) is 0 Å². The van der Waals surface area contributed by atoms with Crippen LogP contribution in [0.25, 0.3) is 22.3 Å². The Kier molecular flexibility index (Phi) is 5.39. The molecule has 0 spiro atoms. The van der Waals surface area contributed by atoms with Gasteiger partial charge >= 0.3 is 0 Å². The number of rotatable bonds is 4. The molecule has 4 rings (SSSR count). The quantitative estimate of drug-likeness (QED) is 0.620. The van der Waals surface area contributed by atoms with E-state index >= 15 is 0 Å². The lowest BCUT2D eigenvalue weighted by molar-refractivity contribution is 0.0698. The van der Waals surface area contributed by atoms with Crippen LogP contribution in [0.3, 0.4) is 0 Å². The van der Waals surface area contributed by atoms with Gasteiger partial charge in [-0.3, -0.25) is 4.79 Å². The zero-order valence-corrected chi connectivity index (χ0v) is 17.9. The Morgan fingerprint density at radius 3 is 2.48 bits per heavy atom. The molecule has 0 saturated heterocycles. The van der Waals surface area contributed by atoms with Crippen LogP contribution in [0.5, 0.6) is 0 Å². The van der Waals surface area contributed by atoms with E-state index in [1.54, 1.807) is 0 Å². The summed E-state index contributed by atoms with van der Waals surface area (Å²) in [5.74, 6) is 0.0800. The summed E-state index contributed by atoms with van der Waals surface area (Å²) in [5, 5.41) is 5.54. The average Bonchev–Trinajstić information content (AvgIpc) is 3.09. The highest BCUT2D eigenvalue weighted by Gasteiger charge is 2.27. The van der Waals surface area contributed by atoms with E-state index in [9.17, 15) is 4.79 Å². The third-order valence-corrected chi connectivity index (χ3v) is 6.20. The summed E-state index contributed by atoms with van der Waals surface area (Å²) in [7, 11) is 1.95. The highest BCUT2D eigenvalue weighted by molar-refractivity contribution is 6.07. The zero-order valence-electron chi connectivity index (χ0n) is 17.9. The first-order valence-corrected chi connectivity index (χ1v) is 10.7. The van der Waals surface area contributed by atoms with Gasteiger partial charge in [0.2, 0.25) is 0 Å². The Balaban J connectivity index is 1.85. The van der Waals surface area contributed by atoms with Crippen molar-refractivity contribution in [2.45, 2.75) is 65.5 Å². The van der Waals surface area contributed by atoms with Crippen LogP contribution in [0.15, 0.2) is 30.3 Å². The molecule has 1 amide bonds. The first-order valence-electron chi connectivity index (χ1n) is 10.7. The van der Waals surface area contributed by atoms with Crippen molar-refractivity contribution in [1.29, 1.82) is 0 Å². The summed E-state index contributed by atoms with van der Waals surface area (Å²) >= 11 is 0. The molecule has 1 aliphatic rings. The number of benzene rings is 1. The number of hydrogen-bond donors (Lipinski definition) is 0. The summed E-state index contributed by atoms with van der Waals surface area (Å²) < 4.78 is 1.90. The van der Waals surface area contributed by atoms with Gasteiger partial charge in [-0.1, -0.05) is 49.1 Å². The van der Waals surface area contributed by atoms with E-state index < -0.39 is 0 Å². The molecular weight excluding hydrogens is 360 g/mol. The molecule has 5 nitrogen and oxygen atoms in total. The van der Waals surface area contributed by atoms with E-state index in [1.165, 1.54) is 24.8 Å². The van der Waals surface area contributed by atoms with Gasteiger partial charge in [0.25, 0.3) is 5.91 Å². The van der Waals surface area contributed by atoms with E-state index in [0.29, 0.717) is 6.04 Å². The molecular formula is C24H30N4O. The fourth-order valence-electron chi connectivity index (χ4n) is 4.44. The third kappa shape index (κ3) is 3.66. The molecule has 152 valence electrons. The second-order valence-corrected chi connectivity index (χ2v) is 8.23. The minimum atomic E-state index is 0.0800. The minimum Gasteiger partial charge on any atom is -0.339 e. The monoisotopic (exact) mass is 390 g/mol. The topological polar surface area (TPSA) is 51.0 Å². The molecule has 2 aromatic heterocycles. The molecule has 0 radical (unpaired) electrons. The second-order valence-electron chi connectivity index (χ2n) is 8.23. The second kappa shape index (κ2) is 7.97. The molecule has 1 saturated carbocycles. The van der Waals surface area contributed by atoms with Crippen LogP contribution in [-0.2, 0) is 6.54 Å². The van der Waals surface area contributed by atoms with Crippen molar-refractivity contribution in [1.82, 2.24) is 19.7 Å². The summed E-state index contributed by atoms with van der Waals surface area (Å²) in [4.78, 5) is 20.5. The number of amides is 1. The van der Waals surface area contributed by atoms with Gasteiger partial charge in [0.1, 0.15) is 0 Å². The van der Waals surface area contributed by atoms with Gasteiger partial charge in [0, 0.05) is 25.2 Å². The number of hydrogen-bond acceptors (Lipinski definition) is 3. The maximum atomic E-state index is 13.6. The van der Waals surface area contributed by atoms with Gasteiger partial charge < -0.3 is 4.90 Å². The number of nitrogens with zero attached hydrogens (tertiary/aromatic N) is 4. The van der Waals surface area contributed by atoms with Crippen molar-refractivity contribution in [2.75, 3.05) is 7.05 Å². The lowest BCUT2D eigenvalue weighted by atomic mass is 9.94. The van der Waals surface area contributed by atoms with Crippen LogP contribution >= 0.6 is 0 Å². The number of aromatic nitrogens is 3. The Hall–Kier alpha value is -2.69. The molecule has 2 heterocycles. The Labute approximate surface area is 172 Å². The molecule has 0 N–H and O–H groups in total. The molecule has 1 aliphatic carbocycles. The number of aryl methyl sites for hydroxylation is 3. The van der Waals surface area contributed by atoms with Crippen molar-refractivity contribution >= 4 is 16.9 Å². The van der Waals surface area contributed by atoms with Crippen molar-refractivity contribution < 1.29 is 4.79 Å². The predicted molar refractivity (Wildman–Crippen MR) is 117 cm³/mol. The molecule has 29 heavy (non-hydrogen) atoms. The van der Waals surface area contributed by atoms with Gasteiger partial charge in [-0.15, -0.1) is 0 Å². The number of carbonyl (C=O) groups is 1.